The highest BCUT2D eigenvalue weighted by Gasteiger charge is 2.25. The third-order valence-electron chi connectivity index (χ3n) is 4.18. The molecular weight excluding hydrogens is 360 g/mol. The molecule has 28 heavy (non-hydrogen) atoms. The second-order valence-corrected chi connectivity index (χ2v) is 6.20. The van der Waals surface area contributed by atoms with Crippen LogP contribution in [0.5, 0.6) is 5.75 Å². The average Bonchev–Trinajstić information content (AvgIpc) is 2.73. The number of carbonyl (C=O) groups is 3. The predicted molar refractivity (Wildman–Crippen MR) is 104 cm³/mol. The lowest BCUT2D eigenvalue weighted by Crippen LogP contribution is -2.51. The van der Waals surface area contributed by atoms with Crippen molar-refractivity contribution in [3.8, 4) is 5.75 Å². The molecule has 0 radical (unpaired) electrons. The fraction of sp³-hybridized carbons (Fsp3) is 0.286. The monoisotopic (exact) mass is 384 g/mol. The van der Waals surface area contributed by atoms with Gasteiger partial charge in [0, 0.05) is 12.0 Å². The van der Waals surface area contributed by atoms with Crippen LogP contribution in [0.2, 0.25) is 0 Å². The normalized spacial score (nSPS) is 12.4. The van der Waals surface area contributed by atoms with Crippen molar-refractivity contribution >= 4 is 17.8 Å². The highest BCUT2D eigenvalue weighted by Crippen LogP contribution is 2.11. The number of hydrogen-bond acceptors (Lipinski definition) is 5. The molecule has 2 atom stereocenters. The maximum absolute atomic E-state index is 12.5. The average molecular weight is 384 g/mol. The van der Waals surface area contributed by atoms with Crippen molar-refractivity contribution in [3.63, 3.8) is 0 Å². The summed E-state index contributed by atoms with van der Waals surface area (Å²) in [7, 11) is 2.80. The highest BCUT2D eigenvalue weighted by atomic mass is 16.5. The van der Waals surface area contributed by atoms with Gasteiger partial charge in [0.15, 0.2) is 0 Å². The molecule has 2 N–H and O–H groups in total. The van der Waals surface area contributed by atoms with Crippen LogP contribution in [0.3, 0.4) is 0 Å². The van der Waals surface area contributed by atoms with Gasteiger partial charge in [0.25, 0.3) is 5.91 Å². The number of ether oxygens (including phenoxy) is 2. The van der Waals surface area contributed by atoms with E-state index in [0.29, 0.717) is 17.7 Å². The molecular formula is C21H24N2O5. The molecule has 0 saturated heterocycles. The van der Waals surface area contributed by atoms with E-state index in [2.05, 4.69) is 10.6 Å². The molecule has 2 amide bonds. The predicted octanol–water partition coefficient (Wildman–Crippen LogP) is 1.71. The van der Waals surface area contributed by atoms with Gasteiger partial charge in [-0.15, -0.1) is 0 Å². The second-order valence-electron chi connectivity index (χ2n) is 6.20. The molecule has 0 fully saturated rings. The molecule has 0 aliphatic heterocycles. The smallest absolute Gasteiger partial charge is 0.328 e. The summed E-state index contributed by atoms with van der Waals surface area (Å²) < 4.78 is 9.84. The minimum atomic E-state index is -0.847. The van der Waals surface area contributed by atoms with E-state index in [0.717, 1.165) is 5.56 Å². The van der Waals surface area contributed by atoms with Gasteiger partial charge in [0.1, 0.15) is 17.8 Å². The minimum Gasteiger partial charge on any atom is -0.497 e. The van der Waals surface area contributed by atoms with Crippen LogP contribution < -0.4 is 15.4 Å². The molecule has 7 nitrogen and oxygen atoms in total. The number of hydrogen-bond donors (Lipinski definition) is 2. The SMILES string of the molecule is COC(=O)C(Cc1ccccc1)NC(=O)C(C)NC(=O)c1ccc(OC)cc1. The summed E-state index contributed by atoms with van der Waals surface area (Å²) >= 11 is 0. The molecule has 0 bridgehead atoms. The van der Waals surface area contributed by atoms with Crippen LogP contribution in [0.4, 0.5) is 0 Å². The first kappa shape index (κ1) is 21.0. The van der Waals surface area contributed by atoms with E-state index in [4.69, 9.17) is 9.47 Å². The highest BCUT2D eigenvalue weighted by molar-refractivity contribution is 5.98. The van der Waals surface area contributed by atoms with Gasteiger partial charge in [-0.1, -0.05) is 30.3 Å². The second kappa shape index (κ2) is 10.1. The van der Waals surface area contributed by atoms with E-state index in [-0.39, 0.29) is 0 Å². The summed E-state index contributed by atoms with van der Waals surface area (Å²) in [5.74, 6) is -0.800. The van der Waals surface area contributed by atoms with E-state index >= 15 is 0 Å². The lowest BCUT2D eigenvalue weighted by Gasteiger charge is -2.20. The summed E-state index contributed by atoms with van der Waals surface area (Å²) in [5, 5.41) is 5.26. The summed E-state index contributed by atoms with van der Waals surface area (Å²) in [6.07, 6.45) is 0.290. The van der Waals surface area contributed by atoms with Crippen LogP contribution in [-0.2, 0) is 20.7 Å². The van der Waals surface area contributed by atoms with E-state index in [1.807, 2.05) is 30.3 Å². The first-order chi connectivity index (χ1) is 13.4. The van der Waals surface area contributed by atoms with Gasteiger partial charge in [-0.05, 0) is 36.8 Å². The zero-order chi connectivity index (χ0) is 20.5. The number of carbonyl (C=O) groups excluding carboxylic acids is 3. The summed E-state index contributed by atoms with van der Waals surface area (Å²) in [5.41, 5.74) is 1.28. The zero-order valence-corrected chi connectivity index (χ0v) is 16.1. The number of nitrogens with one attached hydrogen (secondary N) is 2. The maximum Gasteiger partial charge on any atom is 0.328 e. The number of amides is 2. The Morgan fingerprint density at radius 1 is 0.929 bits per heavy atom. The molecule has 148 valence electrons. The van der Waals surface area contributed by atoms with Gasteiger partial charge in [-0.3, -0.25) is 9.59 Å². The molecule has 2 aromatic rings. The van der Waals surface area contributed by atoms with Crippen LogP contribution in [-0.4, -0.2) is 44.1 Å². The molecule has 0 heterocycles. The Balaban J connectivity index is 1.99. The lowest BCUT2D eigenvalue weighted by atomic mass is 10.1. The Morgan fingerprint density at radius 3 is 2.14 bits per heavy atom. The lowest BCUT2D eigenvalue weighted by molar-refractivity contribution is -0.145. The third kappa shape index (κ3) is 5.84. The Hall–Kier alpha value is -3.35. The molecule has 7 heteroatoms. The molecule has 0 saturated carbocycles. The van der Waals surface area contributed by atoms with E-state index in [1.165, 1.54) is 14.2 Å². The summed E-state index contributed by atoms with van der Waals surface area (Å²) in [6.45, 7) is 1.55. The van der Waals surface area contributed by atoms with Gasteiger partial charge in [0.2, 0.25) is 5.91 Å². The van der Waals surface area contributed by atoms with Crippen LogP contribution in [0.15, 0.2) is 54.6 Å². The molecule has 2 aromatic carbocycles. The zero-order valence-electron chi connectivity index (χ0n) is 16.1. The molecule has 0 aromatic heterocycles. The Bertz CT molecular complexity index is 805. The number of benzene rings is 2. The molecule has 0 aliphatic carbocycles. The molecule has 2 unspecified atom stereocenters. The Kier molecular flexibility index (Phi) is 7.56. The Morgan fingerprint density at radius 2 is 1.57 bits per heavy atom. The van der Waals surface area contributed by atoms with Crippen molar-refractivity contribution in [2.45, 2.75) is 25.4 Å². The largest absolute Gasteiger partial charge is 0.497 e. The van der Waals surface area contributed by atoms with Gasteiger partial charge in [-0.25, -0.2) is 4.79 Å². The van der Waals surface area contributed by atoms with Crippen LogP contribution in [0.25, 0.3) is 0 Å². The third-order valence-corrected chi connectivity index (χ3v) is 4.18. The fourth-order valence-electron chi connectivity index (χ4n) is 2.57. The van der Waals surface area contributed by atoms with E-state index < -0.39 is 29.9 Å². The molecule has 0 spiro atoms. The van der Waals surface area contributed by atoms with Crippen molar-refractivity contribution in [1.29, 1.82) is 0 Å². The first-order valence-electron chi connectivity index (χ1n) is 8.81. The van der Waals surface area contributed by atoms with E-state index in [9.17, 15) is 14.4 Å². The topological polar surface area (TPSA) is 93.7 Å². The minimum absolute atomic E-state index is 0.290. The summed E-state index contributed by atoms with van der Waals surface area (Å²) in [4.78, 5) is 36.8. The van der Waals surface area contributed by atoms with Gasteiger partial charge >= 0.3 is 5.97 Å². The van der Waals surface area contributed by atoms with Crippen molar-refractivity contribution in [1.82, 2.24) is 10.6 Å². The quantitative estimate of drug-likeness (QED) is 0.676. The van der Waals surface area contributed by atoms with Crippen molar-refractivity contribution in [2.75, 3.05) is 14.2 Å². The van der Waals surface area contributed by atoms with Gasteiger partial charge in [-0.2, -0.15) is 0 Å². The van der Waals surface area contributed by atoms with Crippen LogP contribution in [0, 0.1) is 0 Å². The van der Waals surface area contributed by atoms with Crippen molar-refractivity contribution in [2.24, 2.45) is 0 Å². The summed E-state index contributed by atoms with van der Waals surface area (Å²) in [6, 6.07) is 14.1. The van der Waals surface area contributed by atoms with Crippen molar-refractivity contribution in [3.05, 3.63) is 65.7 Å². The maximum atomic E-state index is 12.5. The molecule has 0 aliphatic rings. The van der Waals surface area contributed by atoms with Crippen molar-refractivity contribution < 1.29 is 23.9 Å². The standard InChI is InChI=1S/C21H24N2O5/c1-14(22-20(25)16-9-11-17(27-2)12-10-16)19(24)23-18(21(26)28-3)13-15-7-5-4-6-8-15/h4-12,14,18H,13H2,1-3H3,(H,22,25)(H,23,24). The van der Waals surface area contributed by atoms with Gasteiger partial charge in [0.05, 0.1) is 14.2 Å². The number of methoxy groups -OCH3 is 2. The van der Waals surface area contributed by atoms with Gasteiger partial charge < -0.3 is 20.1 Å². The Labute approximate surface area is 164 Å². The molecule has 2 rings (SSSR count). The number of esters is 1. The van der Waals surface area contributed by atoms with Crippen LogP contribution in [0.1, 0.15) is 22.8 Å². The number of rotatable bonds is 8. The van der Waals surface area contributed by atoms with Crippen LogP contribution >= 0.6 is 0 Å². The fourth-order valence-corrected chi connectivity index (χ4v) is 2.57. The first-order valence-corrected chi connectivity index (χ1v) is 8.81. The van der Waals surface area contributed by atoms with E-state index in [1.54, 1.807) is 31.2 Å².